The third-order valence-electron chi connectivity index (χ3n) is 0.509. The molecule has 0 aromatic rings. The maximum atomic E-state index is 11.0. The van der Waals surface area contributed by atoms with E-state index >= 15 is 0 Å². The molecule has 0 spiro atoms. The van der Waals surface area contributed by atoms with Gasteiger partial charge in [0.1, 0.15) is 0 Å². The lowest BCUT2D eigenvalue weighted by molar-refractivity contribution is -0.175. The van der Waals surface area contributed by atoms with Gasteiger partial charge in [-0.05, 0) is 0 Å². The van der Waals surface area contributed by atoms with Crippen molar-refractivity contribution in [1.29, 1.82) is 0 Å². The van der Waals surface area contributed by atoms with Gasteiger partial charge in [0.2, 0.25) is 0 Å². The molecule has 0 saturated carbocycles. The molecule has 8 heavy (non-hydrogen) atoms. The molecule has 0 aliphatic carbocycles. The molecule has 48 valence electrons. The third-order valence-corrected chi connectivity index (χ3v) is 0.509. The van der Waals surface area contributed by atoms with Crippen molar-refractivity contribution < 1.29 is 18.3 Å². The van der Waals surface area contributed by atoms with Gasteiger partial charge in [-0.15, -0.1) is 0 Å². The molecule has 0 aliphatic heterocycles. The van der Waals surface area contributed by atoms with Crippen molar-refractivity contribution in [2.24, 2.45) is 0 Å². The van der Waals surface area contributed by atoms with Gasteiger partial charge in [-0.3, -0.25) is 4.79 Å². The van der Waals surface area contributed by atoms with Crippen molar-refractivity contribution in [2.75, 3.05) is 0 Å². The van der Waals surface area contributed by atoms with Gasteiger partial charge >= 0.3 is 12.6 Å². The number of rotatable bonds is 2. The Bertz CT molecular complexity index is 82.1. The van der Waals surface area contributed by atoms with Crippen LogP contribution in [0.25, 0.3) is 0 Å². The zero-order valence-electron chi connectivity index (χ0n) is 4.36. The van der Waals surface area contributed by atoms with Gasteiger partial charge in [0, 0.05) is 6.42 Å². The summed E-state index contributed by atoms with van der Waals surface area (Å²) in [4.78, 5) is 9.92. The number of carbonyl (C=O) groups excluding carboxylic acids is 1. The summed E-state index contributed by atoms with van der Waals surface area (Å²) in [5.74, 6) is -0.875. The Kier molecular flexibility index (Phi) is 3.07. The van der Waals surface area contributed by atoms with E-state index in [0.29, 0.717) is 0 Å². The molecule has 2 nitrogen and oxygen atoms in total. The summed E-state index contributed by atoms with van der Waals surface area (Å²) in [5.41, 5.74) is 0. The van der Waals surface area contributed by atoms with E-state index in [1.807, 2.05) is 0 Å². The van der Waals surface area contributed by atoms with Crippen LogP contribution in [0.2, 0.25) is 0 Å². The molecule has 0 rings (SSSR count). The summed E-state index contributed by atoms with van der Waals surface area (Å²) in [6, 6.07) is 0. The van der Waals surface area contributed by atoms with Crippen LogP contribution < -0.4 is 0 Å². The highest BCUT2D eigenvalue weighted by molar-refractivity contribution is 5.68. The average Bonchev–Trinajstić information content (AvgIpc) is 1.65. The van der Waals surface area contributed by atoms with Crippen molar-refractivity contribution in [3.05, 3.63) is 0 Å². The highest BCUT2D eigenvalue weighted by atomic mass is 19.3. The molecule has 0 atom stereocenters. The predicted octanol–water partition coefficient (Wildman–Crippen LogP) is 1.16. The van der Waals surface area contributed by atoms with Crippen LogP contribution in [0.15, 0.2) is 0 Å². The van der Waals surface area contributed by atoms with E-state index in [4.69, 9.17) is 0 Å². The SMILES string of the molecule is CCC(=O)OC(F)F. The van der Waals surface area contributed by atoms with Crippen LogP contribution in [0.5, 0.6) is 0 Å². The lowest BCUT2D eigenvalue weighted by Crippen LogP contribution is -2.06. The number of ether oxygens (including phenoxy) is 1. The Morgan fingerprint density at radius 3 is 2.38 bits per heavy atom. The minimum absolute atomic E-state index is 0.00958. The quantitative estimate of drug-likeness (QED) is 0.516. The van der Waals surface area contributed by atoms with Crippen LogP contribution in [0.4, 0.5) is 8.78 Å². The van der Waals surface area contributed by atoms with Crippen molar-refractivity contribution in [3.63, 3.8) is 0 Å². The Morgan fingerprint density at radius 2 is 2.25 bits per heavy atom. The smallest absolute Gasteiger partial charge is 0.389 e. The second-order valence-electron chi connectivity index (χ2n) is 1.10. The molecule has 0 saturated heterocycles. The first-order valence-electron chi connectivity index (χ1n) is 2.14. The summed E-state index contributed by atoms with van der Waals surface area (Å²) in [5, 5.41) is 0. The third kappa shape index (κ3) is 3.52. The number of halogens is 2. The molecule has 0 bridgehead atoms. The number of esters is 1. The molecule has 0 aromatic carbocycles. The number of hydrogen-bond donors (Lipinski definition) is 0. The van der Waals surface area contributed by atoms with Crippen LogP contribution in [0.3, 0.4) is 0 Å². The topological polar surface area (TPSA) is 26.3 Å². The first kappa shape index (κ1) is 7.33. The number of carbonyl (C=O) groups is 1. The largest absolute Gasteiger partial charge is 0.403 e. The minimum atomic E-state index is -2.97. The first-order valence-corrected chi connectivity index (χ1v) is 2.14. The summed E-state index contributed by atoms with van der Waals surface area (Å²) in [7, 11) is 0. The predicted molar refractivity (Wildman–Crippen MR) is 22.4 cm³/mol. The summed E-state index contributed by atoms with van der Waals surface area (Å²) in [6.07, 6.45) is -0.00958. The van der Waals surface area contributed by atoms with Gasteiger partial charge in [-0.2, -0.15) is 8.78 Å². The summed E-state index contributed by atoms with van der Waals surface area (Å²) in [6.45, 7) is -1.52. The molecule has 0 heterocycles. The zero-order valence-corrected chi connectivity index (χ0v) is 4.36. The van der Waals surface area contributed by atoms with Crippen molar-refractivity contribution in [3.8, 4) is 0 Å². The zero-order chi connectivity index (χ0) is 6.57. The number of hydrogen-bond acceptors (Lipinski definition) is 2. The van der Waals surface area contributed by atoms with E-state index in [1.54, 1.807) is 0 Å². The fourth-order valence-corrected chi connectivity index (χ4v) is 0.183. The van der Waals surface area contributed by atoms with E-state index in [-0.39, 0.29) is 6.42 Å². The fraction of sp³-hybridized carbons (Fsp3) is 0.750. The van der Waals surface area contributed by atoms with Crippen molar-refractivity contribution in [1.82, 2.24) is 0 Å². The van der Waals surface area contributed by atoms with Gasteiger partial charge in [-0.1, -0.05) is 6.92 Å². The van der Waals surface area contributed by atoms with E-state index in [1.165, 1.54) is 6.92 Å². The van der Waals surface area contributed by atoms with Crippen LogP contribution in [0, 0.1) is 0 Å². The van der Waals surface area contributed by atoms with Gasteiger partial charge in [-0.25, -0.2) is 0 Å². The van der Waals surface area contributed by atoms with Crippen LogP contribution in [-0.2, 0) is 9.53 Å². The fourth-order valence-electron chi connectivity index (χ4n) is 0.183. The first-order chi connectivity index (χ1) is 3.66. The van der Waals surface area contributed by atoms with Gasteiger partial charge < -0.3 is 4.74 Å². The maximum absolute atomic E-state index is 11.0. The molecular weight excluding hydrogens is 118 g/mol. The van der Waals surface area contributed by atoms with Gasteiger partial charge in [0.15, 0.2) is 0 Å². The van der Waals surface area contributed by atoms with E-state index in [2.05, 4.69) is 4.74 Å². The standard InChI is InChI=1S/C4H6F2O2/c1-2-3(7)8-4(5)6/h4H,2H2,1H3. The normalized spacial score (nSPS) is 9.50. The van der Waals surface area contributed by atoms with E-state index in [9.17, 15) is 13.6 Å². The van der Waals surface area contributed by atoms with Crippen LogP contribution in [-0.4, -0.2) is 12.6 Å². The highest BCUT2D eigenvalue weighted by Gasteiger charge is 2.06. The van der Waals surface area contributed by atoms with Crippen molar-refractivity contribution >= 4 is 5.97 Å². The van der Waals surface area contributed by atoms with Gasteiger partial charge in [0.25, 0.3) is 0 Å². The summed E-state index contributed by atoms with van der Waals surface area (Å²) < 4.78 is 25.5. The Morgan fingerprint density at radius 1 is 1.75 bits per heavy atom. The highest BCUT2D eigenvalue weighted by Crippen LogP contribution is 1.95. The van der Waals surface area contributed by atoms with Crippen molar-refractivity contribution in [2.45, 2.75) is 20.0 Å². The summed E-state index contributed by atoms with van der Waals surface area (Å²) >= 11 is 0. The molecule has 0 amide bonds. The van der Waals surface area contributed by atoms with Gasteiger partial charge in [0.05, 0.1) is 0 Å². The number of alkyl halides is 2. The Hall–Kier alpha value is -0.670. The molecule has 0 fully saturated rings. The Balaban J connectivity index is 3.25. The van der Waals surface area contributed by atoms with E-state index in [0.717, 1.165) is 0 Å². The molecule has 0 aliphatic rings. The average molecular weight is 124 g/mol. The van der Waals surface area contributed by atoms with Crippen LogP contribution >= 0.6 is 0 Å². The molecular formula is C4H6F2O2. The molecule has 0 unspecified atom stereocenters. The lowest BCUT2D eigenvalue weighted by atomic mass is 10.5. The monoisotopic (exact) mass is 124 g/mol. The second kappa shape index (κ2) is 3.35. The minimum Gasteiger partial charge on any atom is -0.403 e. The lowest BCUT2D eigenvalue weighted by Gasteiger charge is -1.97. The molecule has 0 aromatic heterocycles. The van der Waals surface area contributed by atoms with E-state index < -0.39 is 12.6 Å². The molecule has 0 radical (unpaired) electrons. The Labute approximate surface area is 45.4 Å². The van der Waals surface area contributed by atoms with Crippen LogP contribution in [0.1, 0.15) is 13.3 Å². The molecule has 0 N–H and O–H groups in total. The maximum Gasteiger partial charge on any atom is 0.389 e. The molecule has 4 heteroatoms. The second-order valence-corrected chi connectivity index (χ2v) is 1.10.